The quantitative estimate of drug-likeness (QED) is 0.504. The third-order valence-electron chi connectivity index (χ3n) is 1.49. The lowest BCUT2D eigenvalue weighted by atomic mass is 10.1. The van der Waals surface area contributed by atoms with E-state index in [0.717, 1.165) is 11.3 Å². The van der Waals surface area contributed by atoms with Crippen molar-refractivity contribution in [3.05, 3.63) is 30.3 Å². The van der Waals surface area contributed by atoms with Crippen molar-refractivity contribution >= 4 is 24.2 Å². The van der Waals surface area contributed by atoms with Crippen molar-refractivity contribution in [1.29, 1.82) is 0 Å². The van der Waals surface area contributed by atoms with Crippen molar-refractivity contribution in [2.24, 2.45) is 4.99 Å². The molecule has 0 fully saturated rings. The van der Waals surface area contributed by atoms with Gasteiger partial charge in [0.15, 0.2) is 0 Å². The van der Waals surface area contributed by atoms with Crippen LogP contribution in [-0.2, 0) is 0 Å². The Bertz CT molecular complexity index is 290. The molecule has 0 aliphatic carbocycles. The van der Waals surface area contributed by atoms with Gasteiger partial charge in [-0.25, -0.2) is 0 Å². The van der Waals surface area contributed by atoms with Crippen molar-refractivity contribution in [2.45, 2.75) is 0 Å². The van der Waals surface area contributed by atoms with Crippen LogP contribution in [0.2, 0.25) is 0 Å². The maximum atomic E-state index is 5.65. The summed E-state index contributed by atoms with van der Waals surface area (Å²) in [4.78, 5) is 3.80. The van der Waals surface area contributed by atoms with Crippen LogP contribution in [0, 0.1) is 0 Å². The van der Waals surface area contributed by atoms with E-state index in [4.69, 9.17) is 5.73 Å². The zero-order chi connectivity index (χ0) is 8.27. The zero-order valence-electron chi connectivity index (χ0n) is 6.25. The van der Waals surface area contributed by atoms with E-state index in [9.17, 15) is 0 Å². The van der Waals surface area contributed by atoms with E-state index >= 15 is 0 Å². The van der Waals surface area contributed by atoms with E-state index in [1.54, 1.807) is 6.08 Å². The smallest absolute Gasteiger partial charge is 0.0715 e. The standard InChI is InChI=1S/C9H10N2/c1-3-7-8(10)5-4-6-9(7)11-2/h3-6H,1-2,10H2. The van der Waals surface area contributed by atoms with Gasteiger partial charge in [-0.3, -0.25) is 4.99 Å². The Kier molecular flexibility index (Phi) is 2.06. The number of nitrogens with two attached hydrogens (primary N) is 1. The average molecular weight is 146 g/mol. The lowest BCUT2D eigenvalue weighted by Crippen LogP contribution is -1.87. The molecule has 0 saturated heterocycles. The van der Waals surface area contributed by atoms with E-state index in [-0.39, 0.29) is 0 Å². The molecule has 0 saturated carbocycles. The molecular weight excluding hydrogens is 136 g/mol. The van der Waals surface area contributed by atoms with E-state index < -0.39 is 0 Å². The van der Waals surface area contributed by atoms with Gasteiger partial charge in [-0.15, -0.1) is 0 Å². The Balaban J connectivity index is 3.35. The highest BCUT2D eigenvalue weighted by Gasteiger charge is 1.98. The van der Waals surface area contributed by atoms with Crippen LogP contribution in [0.1, 0.15) is 5.56 Å². The molecule has 11 heavy (non-hydrogen) atoms. The first-order valence-electron chi connectivity index (χ1n) is 3.27. The molecule has 2 nitrogen and oxygen atoms in total. The number of nitrogen functional groups attached to an aromatic ring is 1. The van der Waals surface area contributed by atoms with Crippen LogP contribution in [0.3, 0.4) is 0 Å². The summed E-state index contributed by atoms with van der Waals surface area (Å²) in [5.74, 6) is 0. The van der Waals surface area contributed by atoms with Crippen LogP contribution in [0.4, 0.5) is 11.4 Å². The van der Waals surface area contributed by atoms with Gasteiger partial charge in [-0.05, 0) is 18.9 Å². The molecule has 0 amide bonds. The predicted molar refractivity (Wildman–Crippen MR) is 50.2 cm³/mol. The second kappa shape index (κ2) is 3.01. The van der Waals surface area contributed by atoms with Gasteiger partial charge in [0.25, 0.3) is 0 Å². The van der Waals surface area contributed by atoms with Gasteiger partial charge in [0.2, 0.25) is 0 Å². The Labute approximate surface area is 66.1 Å². The van der Waals surface area contributed by atoms with E-state index in [1.807, 2.05) is 18.2 Å². The van der Waals surface area contributed by atoms with Gasteiger partial charge in [0.1, 0.15) is 0 Å². The monoisotopic (exact) mass is 146 g/mol. The summed E-state index contributed by atoms with van der Waals surface area (Å²) < 4.78 is 0. The van der Waals surface area contributed by atoms with Crippen LogP contribution in [0.15, 0.2) is 29.8 Å². The molecule has 0 radical (unpaired) electrons. The highest BCUT2D eigenvalue weighted by atomic mass is 14.7. The highest BCUT2D eigenvalue weighted by molar-refractivity contribution is 5.75. The molecule has 2 N–H and O–H groups in total. The molecule has 1 aromatic carbocycles. The molecule has 0 aromatic heterocycles. The minimum atomic E-state index is 0.685. The second-order valence-corrected chi connectivity index (χ2v) is 2.14. The predicted octanol–water partition coefficient (Wildman–Crippen LogP) is 2.24. The number of nitrogens with zero attached hydrogens (tertiary/aromatic N) is 1. The van der Waals surface area contributed by atoms with Gasteiger partial charge in [0, 0.05) is 11.3 Å². The van der Waals surface area contributed by atoms with Crippen molar-refractivity contribution in [1.82, 2.24) is 0 Å². The highest BCUT2D eigenvalue weighted by Crippen LogP contribution is 2.24. The number of hydrogen-bond donors (Lipinski definition) is 1. The fourth-order valence-electron chi connectivity index (χ4n) is 0.931. The molecule has 0 spiro atoms. The first-order chi connectivity index (χ1) is 5.29. The normalized spacial score (nSPS) is 9.09. The molecule has 0 bridgehead atoms. The van der Waals surface area contributed by atoms with Gasteiger partial charge in [0.05, 0.1) is 5.69 Å². The molecule has 56 valence electrons. The summed E-state index contributed by atoms with van der Waals surface area (Å²) in [6.07, 6.45) is 1.68. The maximum absolute atomic E-state index is 5.65. The maximum Gasteiger partial charge on any atom is 0.0715 e. The summed E-state index contributed by atoms with van der Waals surface area (Å²) >= 11 is 0. The lowest BCUT2D eigenvalue weighted by molar-refractivity contribution is 1.52. The van der Waals surface area contributed by atoms with Crippen LogP contribution in [-0.4, -0.2) is 6.72 Å². The van der Waals surface area contributed by atoms with Gasteiger partial charge < -0.3 is 5.73 Å². The molecule has 1 rings (SSSR count). The second-order valence-electron chi connectivity index (χ2n) is 2.14. The zero-order valence-corrected chi connectivity index (χ0v) is 6.25. The van der Waals surface area contributed by atoms with Crippen molar-refractivity contribution in [2.75, 3.05) is 5.73 Å². The van der Waals surface area contributed by atoms with Crippen molar-refractivity contribution in [3.63, 3.8) is 0 Å². The number of hydrogen-bond acceptors (Lipinski definition) is 2. The fourth-order valence-corrected chi connectivity index (χ4v) is 0.931. The molecule has 0 atom stereocenters. The summed E-state index contributed by atoms with van der Waals surface area (Å²) in [7, 11) is 0. The summed E-state index contributed by atoms with van der Waals surface area (Å²) in [5, 5.41) is 0. The molecule has 0 heterocycles. The van der Waals surface area contributed by atoms with Crippen LogP contribution in [0.25, 0.3) is 6.08 Å². The Morgan fingerprint density at radius 2 is 2.18 bits per heavy atom. The topological polar surface area (TPSA) is 38.4 Å². The fraction of sp³-hybridized carbons (Fsp3) is 0. The molecule has 0 aliphatic heterocycles. The molecule has 0 unspecified atom stereocenters. The van der Waals surface area contributed by atoms with E-state index in [2.05, 4.69) is 18.3 Å². The van der Waals surface area contributed by atoms with Crippen molar-refractivity contribution in [3.8, 4) is 0 Å². The van der Waals surface area contributed by atoms with E-state index in [0.29, 0.717) is 5.69 Å². The van der Waals surface area contributed by atoms with E-state index in [1.165, 1.54) is 0 Å². The van der Waals surface area contributed by atoms with Crippen LogP contribution >= 0.6 is 0 Å². The van der Waals surface area contributed by atoms with Crippen molar-refractivity contribution < 1.29 is 0 Å². The molecule has 1 aromatic rings. The van der Waals surface area contributed by atoms with Crippen LogP contribution < -0.4 is 5.73 Å². The molecule has 0 aliphatic rings. The van der Waals surface area contributed by atoms with Gasteiger partial charge in [-0.1, -0.05) is 18.7 Å². The largest absolute Gasteiger partial charge is 0.398 e. The summed E-state index contributed by atoms with van der Waals surface area (Å²) in [5.41, 5.74) is 7.96. The third-order valence-corrected chi connectivity index (χ3v) is 1.49. The Morgan fingerprint density at radius 1 is 1.45 bits per heavy atom. The number of aliphatic imine (C=N–C) groups is 1. The van der Waals surface area contributed by atoms with Crippen LogP contribution in [0.5, 0.6) is 0 Å². The first kappa shape index (κ1) is 7.54. The molecule has 2 heteroatoms. The number of anilines is 1. The number of rotatable bonds is 2. The molecular formula is C9H10N2. The Morgan fingerprint density at radius 3 is 2.64 bits per heavy atom. The summed E-state index contributed by atoms with van der Waals surface area (Å²) in [6.45, 7) is 7.06. The SMILES string of the molecule is C=Cc1c(N)cccc1N=C. The Hall–Kier alpha value is -1.57. The first-order valence-corrected chi connectivity index (χ1v) is 3.27. The average Bonchev–Trinajstić information content (AvgIpc) is 2.04. The third kappa shape index (κ3) is 1.29. The summed E-state index contributed by atoms with van der Waals surface area (Å²) in [6, 6.07) is 5.50. The van der Waals surface area contributed by atoms with Gasteiger partial charge >= 0.3 is 0 Å². The minimum Gasteiger partial charge on any atom is -0.398 e. The minimum absolute atomic E-state index is 0.685. The lowest BCUT2D eigenvalue weighted by Gasteiger charge is -2.02. The number of benzene rings is 1. The van der Waals surface area contributed by atoms with Gasteiger partial charge in [-0.2, -0.15) is 0 Å².